The van der Waals surface area contributed by atoms with Gasteiger partial charge in [0, 0.05) is 29.5 Å². The first-order valence-electron chi connectivity index (χ1n) is 7.39. The first-order chi connectivity index (χ1) is 11.2. The van der Waals surface area contributed by atoms with Crippen molar-refractivity contribution in [2.24, 2.45) is 0 Å². The molecule has 0 aliphatic heterocycles. The van der Waals surface area contributed by atoms with E-state index in [0.29, 0.717) is 17.2 Å². The van der Waals surface area contributed by atoms with Gasteiger partial charge < -0.3 is 14.8 Å². The molecule has 0 spiro atoms. The number of nitrogens with zero attached hydrogens (tertiary/aromatic N) is 1. The van der Waals surface area contributed by atoms with Crippen LogP contribution in [0.2, 0.25) is 0 Å². The van der Waals surface area contributed by atoms with Gasteiger partial charge in [0.2, 0.25) is 5.88 Å². The Morgan fingerprint density at radius 2 is 2.09 bits per heavy atom. The monoisotopic (exact) mass is 372 g/mol. The number of hydrogen-bond donors (Lipinski definition) is 2. The molecule has 0 atom stereocenters. The molecule has 0 unspecified atom stereocenters. The van der Waals surface area contributed by atoms with Crippen molar-refractivity contribution in [1.82, 2.24) is 4.98 Å². The van der Waals surface area contributed by atoms with Crippen molar-refractivity contribution in [1.29, 1.82) is 0 Å². The number of anilines is 1. The van der Waals surface area contributed by atoms with E-state index in [4.69, 9.17) is 4.42 Å². The number of rotatable bonds is 4. The minimum absolute atomic E-state index is 0.121. The van der Waals surface area contributed by atoms with Crippen molar-refractivity contribution in [2.75, 3.05) is 12.4 Å². The Kier molecular flexibility index (Phi) is 4.39. The molecular formula is C18H17BrN2O2. The molecule has 118 valence electrons. The molecule has 0 bridgehead atoms. The summed E-state index contributed by atoms with van der Waals surface area (Å²) in [7, 11) is 1.78. The van der Waals surface area contributed by atoms with Gasteiger partial charge in [0.05, 0.1) is 5.56 Å². The van der Waals surface area contributed by atoms with Crippen molar-refractivity contribution in [3.63, 3.8) is 0 Å². The summed E-state index contributed by atoms with van der Waals surface area (Å²) < 4.78 is 6.87. The molecule has 5 heteroatoms. The van der Waals surface area contributed by atoms with E-state index in [9.17, 15) is 5.11 Å². The third-order valence-electron chi connectivity index (χ3n) is 3.78. The van der Waals surface area contributed by atoms with Gasteiger partial charge in [0.25, 0.3) is 0 Å². The van der Waals surface area contributed by atoms with E-state index in [1.165, 1.54) is 0 Å². The molecule has 4 nitrogen and oxygen atoms in total. The van der Waals surface area contributed by atoms with Crippen LogP contribution >= 0.6 is 15.9 Å². The first-order valence-corrected chi connectivity index (χ1v) is 8.18. The standard InChI is InChI=1S/C18H17BrN2O2/c1-3-12-13(7-4-8-14(12)19)15-16(22)17(23-18(15)20-2)11-6-5-9-21-10-11/h4-10,20,22H,3H2,1-2H3. The summed E-state index contributed by atoms with van der Waals surface area (Å²) in [5.74, 6) is 1.07. The predicted octanol–water partition coefficient (Wildman–Crippen LogP) is 5.08. The fraction of sp³-hybridized carbons (Fsp3) is 0.167. The molecule has 3 rings (SSSR count). The molecule has 0 aliphatic carbocycles. The highest BCUT2D eigenvalue weighted by Gasteiger charge is 2.24. The molecule has 2 heterocycles. The zero-order valence-electron chi connectivity index (χ0n) is 12.9. The smallest absolute Gasteiger partial charge is 0.205 e. The highest BCUT2D eigenvalue weighted by molar-refractivity contribution is 9.10. The SMILES string of the molecule is CCc1c(Br)cccc1-c1c(NC)oc(-c2cccnc2)c1O. The van der Waals surface area contributed by atoms with E-state index in [2.05, 4.69) is 33.2 Å². The lowest BCUT2D eigenvalue weighted by atomic mass is 9.98. The Hall–Kier alpha value is -2.27. The summed E-state index contributed by atoms with van der Waals surface area (Å²) in [5, 5.41) is 13.8. The maximum Gasteiger partial charge on any atom is 0.205 e. The van der Waals surface area contributed by atoms with Crippen molar-refractivity contribution in [2.45, 2.75) is 13.3 Å². The van der Waals surface area contributed by atoms with Crippen molar-refractivity contribution >= 4 is 21.8 Å². The molecule has 0 fully saturated rings. The number of benzene rings is 1. The fourth-order valence-corrected chi connectivity index (χ4v) is 3.34. The maximum atomic E-state index is 10.8. The number of aromatic hydroxyl groups is 1. The number of halogens is 1. The van der Waals surface area contributed by atoms with Crippen molar-refractivity contribution in [3.05, 3.63) is 52.8 Å². The van der Waals surface area contributed by atoms with Crippen LogP contribution in [0.5, 0.6) is 5.75 Å². The molecule has 2 N–H and O–H groups in total. The van der Waals surface area contributed by atoms with E-state index in [1.807, 2.05) is 30.3 Å². The number of aromatic nitrogens is 1. The van der Waals surface area contributed by atoms with Gasteiger partial charge in [0.15, 0.2) is 11.5 Å². The van der Waals surface area contributed by atoms with Crippen LogP contribution in [0.4, 0.5) is 5.88 Å². The third-order valence-corrected chi connectivity index (χ3v) is 4.52. The normalized spacial score (nSPS) is 10.7. The second-order valence-electron chi connectivity index (χ2n) is 5.10. The quantitative estimate of drug-likeness (QED) is 0.670. The Morgan fingerprint density at radius 3 is 2.74 bits per heavy atom. The Balaban J connectivity index is 2.25. The van der Waals surface area contributed by atoms with Crippen LogP contribution in [0.1, 0.15) is 12.5 Å². The largest absolute Gasteiger partial charge is 0.504 e. The molecule has 23 heavy (non-hydrogen) atoms. The Morgan fingerprint density at radius 1 is 1.26 bits per heavy atom. The summed E-state index contributed by atoms with van der Waals surface area (Å²) >= 11 is 3.58. The third kappa shape index (κ3) is 2.72. The topological polar surface area (TPSA) is 58.3 Å². The van der Waals surface area contributed by atoms with Crippen molar-refractivity contribution < 1.29 is 9.52 Å². The zero-order valence-corrected chi connectivity index (χ0v) is 14.5. The van der Waals surface area contributed by atoms with Crippen LogP contribution in [0.15, 0.2) is 51.6 Å². The van der Waals surface area contributed by atoms with Crippen LogP contribution < -0.4 is 5.32 Å². The van der Waals surface area contributed by atoms with Gasteiger partial charge in [-0.3, -0.25) is 4.98 Å². The van der Waals surface area contributed by atoms with Gasteiger partial charge in [-0.25, -0.2) is 0 Å². The van der Waals surface area contributed by atoms with E-state index in [0.717, 1.165) is 27.6 Å². The summed E-state index contributed by atoms with van der Waals surface area (Å²) in [6.45, 7) is 2.09. The van der Waals surface area contributed by atoms with Crippen LogP contribution in [0.25, 0.3) is 22.5 Å². The van der Waals surface area contributed by atoms with Gasteiger partial charge in [-0.2, -0.15) is 0 Å². The average molecular weight is 373 g/mol. The maximum absolute atomic E-state index is 10.8. The number of nitrogens with one attached hydrogen (secondary N) is 1. The molecule has 0 aliphatic rings. The van der Waals surface area contributed by atoms with Crippen molar-refractivity contribution in [3.8, 4) is 28.2 Å². The first kappa shape index (κ1) is 15.6. The predicted molar refractivity (Wildman–Crippen MR) is 95.7 cm³/mol. The molecule has 0 saturated heterocycles. The van der Waals surface area contributed by atoms with Crippen LogP contribution in [0.3, 0.4) is 0 Å². The molecular weight excluding hydrogens is 356 g/mol. The molecule has 2 aromatic heterocycles. The fourth-order valence-electron chi connectivity index (χ4n) is 2.69. The van der Waals surface area contributed by atoms with Gasteiger partial charge >= 0.3 is 0 Å². The molecule has 0 radical (unpaired) electrons. The van der Waals surface area contributed by atoms with Crippen LogP contribution in [-0.4, -0.2) is 17.1 Å². The van der Waals surface area contributed by atoms with Gasteiger partial charge in [-0.05, 0) is 35.7 Å². The number of hydrogen-bond acceptors (Lipinski definition) is 4. The lowest BCUT2D eigenvalue weighted by molar-refractivity contribution is 0.466. The number of pyridine rings is 1. The molecule has 3 aromatic rings. The van der Waals surface area contributed by atoms with Crippen LogP contribution in [0, 0.1) is 0 Å². The zero-order chi connectivity index (χ0) is 16.4. The second-order valence-corrected chi connectivity index (χ2v) is 5.95. The van der Waals surface area contributed by atoms with E-state index < -0.39 is 0 Å². The number of furan rings is 1. The lowest BCUT2D eigenvalue weighted by Crippen LogP contribution is -1.93. The molecule has 0 saturated carbocycles. The Bertz CT molecular complexity index is 829. The second kappa shape index (κ2) is 6.46. The van der Waals surface area contributed by atoms with E-state index in [-0.39, 0.29) is 5.75 Å². The summed E-state index contributed by atoms with van der Waals surface area (Å²) in [4.78, 5) is 4.09. The molecule has 0 amide bonds. The van der Waals surface area contributed by atoms with E-state index >= 15 is 0 Å². The minimum atomic E-state index is 0.121. The Labute approximate surface area is 143 Å². The highest BCUT2D eigenvalue weighted by atomic mass is 79.9. The lowest BCUT2D eigenvalue weighted by Gasteiger charge is -2.10. The van der Waals surface area contributed by atoms with Gasteiger partial charge in [-0.15, -0.1) is 0 Å². The summed E-state index contributed by atoms with van der Waals surface area (Å²) in [6.07, 6.45) is 4.20. The van der Waals surface area contributed by atoms with E-state index in [1.54, 1.807) is 19.4 Å². The summed E-state index contributed by atoms with van der Waals surface area (Å²) in [5.41, 5.74) is 3.48. The summed E-state index contributed by atoms with van der Waals surface area (Å²) in [6, 6.07) is 9.61. The minimum Gasteiger partial charge on any atom is -0.504 e. The van der Waals surface area contributed by atoms with Gasteiger partial charge in [0.1, 0.15) is 0 Å². The van der Waals surface area contributed by atoms with Gasteiger partial charge in [-0.1, -0.05) is 35.0 Å². The molecule has 1 aromatic carbocycles. The average Bonchev–Trinajstić information content (AvgIpc) is 2.92. The van der Waals surface area contributed by atoms with Crippen LogP contribution in [-0.2, 0) is 6.42 Å². The highest BCUT2D eigenvalue weighted by Crippen LogP contribution is 2.47.